The summed E-state index contributed by atoms with van der Waals surface area (Å²) in [5, 5.41) is 14.9. The molecule has 3 amide bonds. The number of amides is 3. The molecule has 27 heavy (non-hydrogen) atoms. The number of nitrogens with one attached hydrogen (secondary N) is 3. The van der Waals surface area contributed by atoms with E-state index < -0.39 is 0 Å². The predicted octanol–water partition coefficient (Wildman–Crippen LogP) is 0.644. The van der Waals surface area contributed by atoms with Crippen LogP contribution in [0.1, 0.15) is 39.0 Å². The number of carbonyl (C=O) groups excluding carboxylic acids is 2. The Morgan fingerprint density at radius 1 is 1.11 bits per heavy atom. The van der Waals surface area contributed by atoms with E-state index in [1.54, 1.807) is 12.1 Å². The van der Waals surface area contributed by atoms with Gasteiger partial charge in [0, 0.05) is 11.7 Å². The summed E-state index contributed by atoms with van der Waals surface area (Å²) in [4.78, 5) is 28.0. The number of hydrogen-bond acceptors (Lipinski definition) is 4. The van der Waals surface area contributed by atoms with Crippen molar-refractivity contribution in [3.8, 4) is 5.75 Å². The van der Waals surface area contributed by atoms with Gasteiger partial charge in [-0.25, -0.2) is 4.79 Å². The first kappa shape index (κ1) is 19.5. The van der Waals surface area contributed by atoms with E-state index in [9.17, 15) is 14.7 Å². The monoisotopic (exact) mass is 375 g/mol. The lowest BCUT2D eigenvalue weighted by molar-refractivity contribution is -0.914. The number of benzene rings is 1. The highest BCUT2D eigenvalue weighted by Crippen LogP contribution is 2.18. The van der Waals surface area contributed by atoms with Crippen LogP contribution >= 0.6 is 0 Å². The van der Waals surface area contributed by atoms with Gasteiger partial charge in [-0.1, -0.05) is 19.3 Å². The first-order valence-electron chi connectivity index (χ1n) is 10.0. The largest absolute Gasteiger partial charge is 0.508 e. The molecule has 1 aliphatic carbocycles. The Hall–Kier alpha value is -2.28. The summed E-state index contributed by atoms with van der Waals surface area (Å²) < 4.78 is 0. The number of imide groups is 1. The van der Waals surface area contributed by atoms with Gasteiger partial charge in [0.15, 0.2) is 6.04 Å². The molecule has 148 valence electrons. The van der Waals surface area contributed by atoms with Crippen molar-refractivity contribution >= 4 is 17.6 Å². The van der Waals surface area contributed by atoms with Crippen LogP contribution in [0.15, 0.2) is 24.3 Å². The maximum atomic E-state index is 12.4. The molecule has 1 aromatic rings. The molecule has 0 spiro atoms. The summed E-state index contributed by atoms with van der Waals surface area (Å²) in [5.41, 5.74) is 1.08. The number of rotatable bonds is 4. The van der Waals surface area contributed by atoms with Gasteiger partial charge < -0.3 is 20.2 Å². The molecular formula is C20H31N4O3+. The van der Waals surface area contributed by atoms with Gasteiger partial charge in [-0.3, -0.25) is 10.1 Å². The summed E-state index contributed by atoms with van der Waals surface area (Å²) in [5.74, 6) is 0.0520. The van der Waals surface area contributed by atoms with Crippen molar-refractivity contribution in [2.45, 2.75) is 51.1 Å². The Labute approximate surface area is 160 Å². The van der Waals surface area contributed by atoms with Gasteiger partial charge in [0.05, 0.1) is 26.2 Å². The molecule has 3 rings (SSSR count). The molecule has 7 heteroatoms. The summed E-state index contributed by atoms with van der Waals surface area (Å²) >= 11 is 0. The molecule has 1 aromatic carbocycles. The number of aromatic hydroxyl groups is 1. The van der Waals surface area contributed by atoms with Gasteiger partial charge in [0.2, 0.25) is 0 Å². The molecule has 0 aromatic heterocycles. The van der Waals surface area contributed by atoms with E-state index in [0.717, 1.165) is 57.5 Å². The molecule has 1 aliphatic heterocycles. The Morgan fingerprint density at radius 3 is 2.37 bits per heavy atom. The van der Waals surface area contributed by atoms with Crippen molar-refractivity contribution in [2.24, 2.45) is 0 Å². The van der Waals surface area contributed by atoms with Gasteiger partial charge >= 0.3 is 6.03 Å². The van der Waals surface area contributed by atoms with E-state index >= 15 is 0 Å². The third kappa shape index (κ3) is 5.35. The van der Waals surface area contributed by atoms with Crippen LogP contribution in [0.5, 0.6) is 5.75 Å². The number of urea groups is 1. The van der Waals surface area contributed by atoms with Crippen LogP contribution in [0, 0.1) is 0 Å². The van der Waals surface area contributed by atoms with Crippen molar-refractivity contribution in [2.75, 3.05) is 31.1 Å². The fourth-order valence-electron chi connectivity index (χ4n) is 4.02. The first-order chi connectivity index (χ1) is 13.0. The highest BCUT2D eigenvalue weighted by atomic mass is 16.3. The second-order valence-electron chi connectivity index (χ2n) is 7.68. The minimum Gasteiger partial charge on any atom is -0.508 e. The van der Waals surface area contributed by atoms with E-state index in [1.807, 2.05) is 19.1 Å². The smallest absolute Gasteiger partial charge is 0.321 e. The number of nitrogens with zero attached hydrogens (tertiary/aromatic N) is 1. The molecule has 0 unspecified atom stereocenters. The number of hydrogen-bond donors (Lipinski definition) is 4. The van der Waals surface area contributed by atoms with Crippen LogP contribution in [0.4, 0.5) is 10.5 Å². The lowest BCUT2D eigenvalue weighted by atomic mass is 9.96. The van der Waals surface area contributed by atoms with Crippen LogP contribution < -0.4 is 20.4 Å². The maximum absolute atomic E-state index is 12.4. The van der Waals surface area contributed by atoms with E-state index in [0.29, 0.717) is 0 Å². The number of carbonyl (C=O) groups is 2. The molecule has 4 N–H and O–H groups in total. The van der Waals surface area contributed by atoms with Crippen LogP contribution in [0.3, 0.4) is 0 Å². The van der Waals surface area contributed by atoms with Gasteiger partial charge in [0.25, 0.3) is 5.91 Å². The minimum atomic E-state index is -0.360. The van der Waals surface area contributed by atoms with Crippen LogP contribution in [0.25, 0.3) is 0 Å². The summed E-state index contributed by atoms with van der Waals surface area (Å²) in [6, 6.07) is 6.77. The van der Waals surface area contributed by atoms with Crippen molar-refractivity contribution in [3.05, 3.63) is 24.3 Å². The fourth-order valence-corrected chi connectivity index (χ4v) is 4.02. The molecule has 1 saturated heterocycles. The molecule has 0 radical (unpaired) electrons. The van der Waals surface area contributed by atoms with Gasteiger partial charge in [-0.2, -0.15) is 0 Å². The summed E-state index contributed by atoms with van der Waals surface area (Å²) in [6.45, 7) is 5.23. The quantitative estimate of drug-likeness (QED) is 0.622. The Kier molecular flexibility index (Phi) is 6.55. The van der Waals surface area contributed by atoms with E-state index in [4.69, 9.17) is 0 Å². The van der Waals surface area contributed by atoms with E-state index in [-0.39, 0.29) is 29.8 Å². The van der Waals surface area contributed by atoms with Crippen LogP contribution in [0.2, 0.25) is 0 Å². The number of piperazine rings is 1. The SMILES string of the molecule is C[C@@H](C(=O)NC(=O)NC1CCCCC1)[NH+]1CCN(c2ccc(O)cc2)CC1. The van der Waals surface area contributed by atoms with Gasteiger partial charge in [0.1, 0.15) is 5.75 Å². The molecule has 1 saturated carbocycles. The number of phenolic OH excluding ortho intramolecular Hbond substituents is 1. The van der Waals surface area contributed by atoms with Crippen LogP contribution in [-0.2, 0) is 4.79 Å². The number of anilines is 1. The van der Waals surface area contributed by atoms with Crippen molar-refractivity contribution < 1.29 is 19.6 Å². The fraction of sp³-hybridized carbons (Fsp3) is 0.600. The van der Waals surface area contributed by atoms with Crippen molar-refractivity contribution in [1.82, 2.24) is 10.6 Å². The van der Waals surface area contributed by atoms with E-state index in [1.165, 1.54) is 11.3 Å². The molecule has 2 aliphatic rings. The van der Waals surface area contributed by atoms with Crippen LogP contribution in [-0.4, -0.2) is 55.3 Å². The highest BCUT2D eigenvalue weighted by Gasteiger charge is 2.30. The normalized spacial score (nSPS) is 20.1. The Balaban J connectivity index is 1.43. The summed E-state index contributed by atoms with van der Waals surface area (Å²) in [7, 11) is 0. The molecule has 0 bridgehead atoms. The predicted molar refractivity (Wildman–Crippen MR) is 104 cm³/mol. The Bertz CT molecular complexity index is 635. The van der Waals surface area contributed by atoms with Crippen molar-refractivity contribution in [1.29, 1.82) is 0 Å². The zero-order valence-electron chi connectivity index (χ0n) is 16.0. The lowest BCUT2D eigenvalue weighted by Crippen LogP contribution is -3.19. The molecule has 1 heterocycles. The average Bonchev–Trinajstić information content (AvgIpc) is 2.69. The topological polar surface area (TPSA) is 86.1 Å². The molecule has 7 nitrogen and oxygen atoms in total. The molecule has 2 fully saturated rings. The number of quaternary nitrogens is 1. The Morgan fingerprint density at radius 2 is 1.74 bits per heavy atom. The van der Waals surface area contributed by atoms with Gasteiger partial charge in [-0.15, -0.1) is 0 Å². The lowest BCUT2D eigenvalue weighted by Gasteiger charge is -2.36. The third-order valence-electron chi connectivity index (χ3n) is 5.80. The number of phenols is 1. The first-order valence-corrected chi connectivity index (χ1v) is 10.0. The zero-order valence-corrected chi connectivity index (χ0v) is 16.0. The highest BCUT2D eigenvalue weighted by molar-refractivity contribution is 5.96. The minimum absolute atomic E-state index is 0.197. The molecule has 1 atom stereocenters. The maximum Gasteiger partial charge on any atom is 0.321 e. The second-order valence-corrected chi connectivity index (χ2v) is 7.68. The second kappa shape index (κ2) is 9.08. The third-order valence-corrected chi connectivity index (χ3v) is 5.80. The van der Waals surface area contributed by atoms with Crippen molar-refractivity contribution in [3.63, 3.8) is 0 Å². The average molecular weight is 375 g/mol. The molecular weight excluding hydrogens is 344 g/mol. The zero-order chi connectivity index (χ0) is 19.2. The summed E-state index contributed by atoms with van der Waals surface area (Å²) in [6.07, 6.45) is 5.52. The van der Waals surface area contributed by atoms with Gasteiger partial charge in [-0.05, 0) is 44.0 Å². The standard InChI is InChI=1S/C20H30N4O3/c1-15(19(26)22-20(27)21-16-5-3-2-4-6-16)23-11-13-24(14-12-23)17-7-9-18(25)10-8-17/h7-10,15-16,25H,2-6,11-14H2,1H3,(H2,21,22,26,27)/p+1/t15-/m0/s1. The van der Waals surface area contributed by atoms with E-state index in [2.05, 4.69) is 15.5 Å².